The molecule has 0 spiro atoms. The molecule has 1 heterocycles. The third-order valence-electron chi connectivity index (χ3n) is 5.58. The molecule has 0 saturated heterocycles. The molecule has 3 nitrogen and oxygen atoms in total. The predicted molar refractivity (Wildman–Crippen MR) is 104 cm³/mol. The SMILES string of the molecule is C[C@@H]1C[C@@H]2OC(=O)CCC/C=C\CC2[C@H]1/C=C/C(F)(F)COc1ccccc1. The topological polar surface area (TPSA) is 35.5 Å². The summed E-state index contributed by atoms with van der Waals surface area (Å²) < 4.78 is 39.5. The molecule has 152 valence electrons. The quantitative estimate of drug-likeness (QED) is 0.487. The standard InChI is InChI=1S/C23H28F2O3/c1-17-15-21-20(11-7-2-3-8-12-22(26)28-21)19(17)13-14-23(24,25)16-27-18-9-5-4-6-10-18/h2,4-7,9-10,13-14,17,19-21H,3,8,11-12,15-16H2,1H3/b7-2-,14-13+/t17-,19+,20?,21+/m1/s1. The van der Waals surface area contributed by atoms with Crippen LogP contribution in [0.2, 0.25) is 0 Å². The molecule has 1 aliphatic carbocycles. The Balaban J connectivity index is 1.66. The molecule has 1 aromatic rings. The number of esters is 1. The van der Waals surface area contributed by atoms with E-state index in [-0.39, 0.29) is 29.8 Å². The average Bonchev–Trinajstić information content (AvgIpc) is 2.96. The van der Waals surface area contributed by atoms with Crippen LogP contribution in [0.15, 0.2) is 54.6 Å². The molecule has 0 amide bonds. The molecule has 1 aromatic carbocycles. The number of hydrogen-bond donors (Lipinski definition) is 0. The first-order valence-corrected chi connectivity index (χ1v) is 10.0. The summed E-state index contributed by atoms with van der Waals surface area (Å²) in [5, 5.41) is 0. The Bertz CT molecular complexity index is 699. The number of alkyl halides is 2. The molecule has 1 fully saturated rings. The van der Waals surface area contributed by atoms with Crippen LogP contribution in [0.5, 0.6) is 5.75 Å². The molecular weight excluding hydrogens is 362 g/mol. The second kappa shape index (κ2) is 9.35. The van der Waals surface area contributed by atoms with Gasteiger partial charge in [0.2, 0.25) is 0 Å². The van der Waals surface area contributed by atoms with Crippen molar-refractivity contribution in [2.24, 2.45) is 17.8 Å². The van der Waals surface area contributed by atoms with E-state index in [1.165, 1.54) is 0 Å². The van der Waals surface area contributed by atoms with Crippen molar-refractivity contribution in [3.05, 3.63) is 54.6 Å². The molecule has 0 radical (unpaired) electrons. The predicted octanol–water partition coefficient (Wildman–Crippen LogP) is 5.57. The van der Waals surface area contributed by atoms with Crippen LogP contribution in [0, 0.1) is 17.8 Å². The number of para-hydroxylation sites is 1. The van der Waals surface area contributed by atoms with Gasteiger partial charge in [-0.2, -0.15) is 8.78 Å². The van der Waals surface area contributed by atoms with Crippen LogP contribution < -0.4 is 4.74 Å². The van der Waals surface area contributed by atoms with Crippen LogP contribution in [0.25, 0.3) is 0 Å². The first kappa shape index (κ1) is 20.6. The number of carbonyl (C=O) groups is 1. The van der Waals surface area contributed by atoms with Gasteiger partial charge in [-0.1, -0.05) is 43.4 Å². The molecule has 0 N–H and O–H groups in total. The lowest BCUT2D eigenvalue weighted by Crippen LogP contribution is -2.26. The fourth-order valence-electron chi connectivity index (χ4n) is 4.10. The summed E-state index contributed by atoms with van der Waals surface area (Å²) in [4.78, 5) is 12.0. The van der Waals surface area contributed by atoms with Crippen molar-refractivity contribution in [3.63, 3.8) is 0 Å². The van der Waals surface area contributed by atoms with Crippen molar-refractivity contribution in [1.29, 1.82) is 0 Å². The number of hydrogen-bond acceptors (Lipinski definition) is 3. The summed E-state index contributed by atoms with van der Waals surface area (Å²) in [5.41, 5.74) is 0. The monoisotopic (exact) mass is 390 g/mol. The van der Waals surface area contributed by atoms with E-state index < -0.39 is 12.5 Å². The van der Waals surface area contributed by atoms with Crippen LogP contribution >= 0.6 is 0 Å². The molecule has 2 aliphatic rings. The molecule has 1 saturated carbocycles. The smallest absolute Gasteiger partial charge is 0.306 e. The number of halogens is 2. The highest BCUT2D eigenvalue weighted by molar-refractivity contribution is 5.69. The van der Waals surface area contributed by atoms with Gasteiger partial charge in [-0.05, 0) is 55.7 Å². The average molecular weight is 390 g/mol. The Labute approximate surface area is 165 Å². The number of fused-ring (bicyclic) bond motifs is 1. The van der Waals surface area contributed by atoms with E-state index in [0.717, 1.165) is 25.3 Å². The number of carbonyl (C=O) groups excluding carboxylic acids is 1. The van der Waals surface area contributed by atoms with Crippen LogP contribution in [0.3, 0.4) is 0 Å². The van der Waals surface area contributed by atoms with Crippen LogP contribution in [0.1, 0.15) is 39.0 Å². The van der Waals surface area contributed by atoms with Crippen molar-refractivity contribution in [3.8, 4) is 5.75 Å². The number of allylic oxidation sites excluding steroid dienone is 3. The molecule has 4 atom stereocenters. The molecule has 5 heteroatoms. The third kappa shape index (κ3) is 5.66. The van der Waals surface area contributed by atoms with Crippen LogP contribution in [0.4, 0.5) is 8.78 Å². The lowest BCUT2D eigenvalue weighted by atomic mass is 9.86. The third-order valence-corrected chi connectivity index (χ3v) is 5.58. The largest absolute Gasteiger partial charge is 0.487 e. The summed E-state index contributed by atoms with van der Waals surface area (Å²) >= 11 is 0. The molecule has 1 aliphatic heterocycles. The van der Waals surface area contributed by atoms with Gasteiger partial charge in [-0.25, -0.2) is 0 Å². The van der Waals surface area contributed by atoms with E-state index in [9.17, 15) is 13.6 Å². The molecular formula is C23H28F2O3. The first-order valence-electron chi connectivity index (χ1n) is 10.0. The zero-order valence-corrected chi connectivity index (χ0v) is 16.2. The van der Waals surface area contributed by atoms with E-state index in [2.05, 4.69) is 12.2 Å². The highest BCUT2D eigenvalue weighted by atomic mass is 19.3. The summed E-state index contributed by atoms with van der Waals surface area (Å²) in [6.45, 7) is 1.34. The Kier molecular flexibility index (Phi) is 6.87. The van der Waals surface area contributed by atoms with E-state index in [1.54, 1.807) is 30.3 Å². The number of ether oxygens (including phenoxy) is 2. The van der Waals surface area contributed by atoms with Gasteiger partial charge in [-0.15, -0.1) is 0 Å². The molecule has 28 heavy (non-hydrogen) atoms. The van der Waals surface area contributed by atoms with Gasteiger partial charge in [0, 0.05) is 12.3 Å². The fourth-order valence-corrected chi connectivity index (χ4v) is 4.10. The van der Waals surface area contributed by atoms with E-state index in [0.29, 0.717) is 18.6 Å². The fraction of sp³-hybridized carbons (Fsp3) is 0.522. The zero-order valence-electron chi connectivity index (χ0n) is 16.2. The van der Waals surface area contributed by atoms with Gasteiger partial charge in [0.1, 0.15) is 11.9 Å². The summed E-state index contributed by atoms with van der Waals surface area (Å²) in [6.07, 6.45) is 10.1. The minimum atomic E-state index is -3.06. The van der Waals surface area contributed by atoms with E-state index >= 15 is 0 Å². The minimum absolute atomic E-state index is 0.0374. The molecule has 0 bridgehead atoms. The highest BCUT2D eigenvalue weighted by Gasteiger charge is 2.42. The number of benzene rings is 1. The van der Waals surface area contributed by atoms with E-state index in [4.69, 9.17) is 9.47 Å². The zero-order chi connectivity index (χ0) is 20.0. The van der Waals surface area contributed by atoms with Gasteiger partial charge < -0.3 is 9.47 Å². The summed E-state index contributed by atoms with van der Waals surface area (Å²) in [5.74, 6) is -2.65. The highest BCUT2D eigenvalue weighted by Crippen LogP contribution is 2.43. The number of rotatable bonds is 5. The van der Waals surface area contributed by atoms with Crippen molar-refractivity contribution < 1.29 is 23.0 Å². The second-order valence-corrected chi connectivity index (χ2v) is 7.80. The van der Waals surface area contributed by atoms with Crippen molar-refractivity contribution >= 4 is 5.97 Å². The normalized spacial score (nSPS) is 29.9. The van der Waals surface area contributed by atoms with Crippen molar-refractivity contribution in [2.75, 3.05) is 6.61 Å². The summed E-state index contributed by atoms with van der Waals surface area (Å²) in [7, 11) is 0. The Morgan fingerprint density at radius 1 is 1.25 bits per heavy atom. The maximum Gasteiger partial charge on any atom is 0.306 e. The maximum absolute atomic E-state index is 14.3. The molecule has 0 aromatic heterocycles. The Morgan fingerprint density at radius 3 is 2.82 bits per heavy atom. The Morgan fingerprint density at radius 2 is 2.04 bits per heavy atom. The lowest BCUT2D eigenvalue weighted by molar-refractivity contribution is -0.151. The van der Waals surface area contributed by atoms with Gasteiger partial charge in [0.25, 0.3) is 5.92 Å². The first-order chi connectivity index (χ1) is 13.4. The van der Waals surface area contributed by atoms with Crippen LogP contribution in [-0.2, 0) is 9.53 Å². The molecule has 3 rings (SSSR count). The van der Waals surface area contributed by atoms with Gasteiger partial charge in [-0.3, -0.25) is 4.79 Å². The molecule has 1 unspecified atom stereocenters. The van der Waals surface area contributed by atoms with Gasteiger partial charge in [0.15, 0.2) is 6.61 Å². The maximum atomic E-state index is 14.3. The lowest BCUT2D eigenvalue weighted by Gasteiger charge is -2.24. The summed E-state index contributed by atoms with van der Waals surface area (Å²) in [6, 6.07) is 8.62. The Hall–Kier alpha value is -2.17. The van der Waals surface area contributed by atoms with Crippen molar-refractivity contribution in [1.82, 2.24) is 0 Å². The van der Waals surface area contributed by atoms with Crippen molar-refractivity contribution in [2.45, 2.75) is 51.1 Å². The van der Waals surface area contributed by atoms with Crippen LogP contribution in [-0.4, -0.2) is 24.6 Å². The van der Waals surface area contributed by atoms with Gasteiger partial charge in [0.05, 0.1) is 0 Å². The minimum Gasteiger partial charge on any atom is -0.487 e. The second-order valence-electron chi connectivity index (χ2n) is 7.80. The van der Waals surface area contributed by atoms with Gasteiger partial charge >= 0.3 is 5.97 Å². The van der Waals surface area contributed by atoms with E-state index in [1.807, 2.05) is 13.0 Å².